The number of rotatable bonds is 4. The minimum Gasteiger partial charge on any atom is -0.253 e. The number of hydrogen-bond donors (Lipinski definition) is 0. The van der Waals surface area contributed by atoms with Crippen molar-refractivity contribution in [3.8, 4) is 44.6 Å². The van der Waals surface area contributed by atoms with E-state index in [2.05, 4.69) is 135 Å². The number of hydrogen-bond acceptors (Lipinski definition) is 2. The molecule has 0 aliphatic rings. The highest BCUT2D eigenvalue weighted by atomic mass is 32.1. The average molecular weight is 518 g/mol. The molecular weight excluding hydrogens is 490 g/mol. The van der Waals surface area contributed by atoms with Crippen LogP contribution in [0.3, 0.4) is 0 Å². The van der Waals surface area contributed by atoms with Gasteiger partial charge in [0.15, 0.2) is 0 Å². The van der Waals surface area contributed by atoms with E-state index in [0.29, 0.717) is 0 Å². The minimum absolute atomic E-state index is 1.01. The van der Waals surface area contributed by atoms with Gasteiger partial charge in [-0.1, -0.05) is 109 Å². The number of aryl methyl sites for hydroxylation is 2. The van der Waals surface area contributed by atoms with Crippen molar-refractivity contribution >= 4 is 31.5 Å². The summed E-state index contributed by atoms with van der Waals surface area (Å²) in [7, 11) is 0. The van der Waals surface area contributed by atoms with Gasteiger partial charge < -0.3 is 0 Å². The largest absolute Gasteiger partial charge is 0.253 e. The molecule has 0 radical (unpaired) electrons. The summed E-state index contributed by atoms with van der Waals surface area (Å²) in [5.74, 6) is 0. The second-order valence-corrected chi connectivity index (χ2v) is 11.2. The molecule has 1 nitrogen and oxygen atoms in total. The van der Waals surface area contributed by atoms with Gasteiger partial charge in [-0.05, 0) is 71.5 Å². The smallest absolute Gasteiger partial charge is 0.0711 e. The first kappa shape index (κ1) is 23.6. The summed E-state index contributed by atoms with van der Waals surface area (Å²) >= 11 is 1.89. The van der Waals surface area contributed by atoms with Crippen LogP contribution < -0.4 is 0 Å². The fourth-order valence-corrected chi connectivity index (χ4v) is 6.69. The van der Waals surface area contributed by atoms with Gasteiger partial charge >= 0.3 is 0 Å². The van der Waals surface area contributed by atoms with Crippen molar-refractivity contribution in [2.24, 2.45) is 0 Å². The lowest BCUT2D eigenvalue weighted by Crippen LogP contribution is -1.90. The molecule has 0 N–H and O–H groups in total. The van der Waals surface area contributed by atoms with E-state index in [9.17, 15) is 0 Å². The molecule has 0 amide bonds. The van der Waals surface area contributed by atoms with Crippen LogP contribution in [0.5, 0.6) is 0 Å². The monoisotopic (exact) mass is 517 g/mol. The second kappa shape index (κ2) is 9.65. The number of benzene rings is 5. The van der Waals surface area contributed by atoms with Crippen LogP contribution in [0.1, 0.15) is 11.3 Å². The molecule has 0 atom stereocenters. The Hall–Kier alpha value is -4.53. The molecule has 7 rings (SSSR count). The number of pyridine rings is 1. The highest BCUT2D eigenvalue weighted by Crippen LogP contribution is 2.41. The van der Waals surface area contributed by atoms with Crippen LogP contribution in [0.2, 0.25) is 0 Å². The second-order valence-electron chi connectivity index (χ2n) is 10.2. The Bertz CT molecular complexity index is 1960. The molecule has 2 heteroatoms. The Morgan fingerprint density at radius 2 is 1.18 bits per heavy atom. The molecule has 0 spiro atoms. The van der Waals surface area contributed by atoms with Gasteiger partial charge in [0, 0.05) is 31.4 Å². The summed E-state index contributed by atoms with van der Waals surface area (Å²) < 4.78 is 2.67. The molecule has 2 aromatic heterocycles. The molecule has 0 aliphatic carbocycles. The van der Waals surface area contributed by atoms with Gasteiger partial charge in [-0.15, -0.1) is 11.3 Å². The van der Waals surface area contributed by atoms with Crippen LogP contribution in [-0.2, 0) is 0 Å². The van der Waals surface area contributed by atoms with E-state index in [1.165, 1.54) is 59.1 Å². The van der Waals surface area contributed by atoms with E-state index >= 15 is 0 Å². The third-order valence-corrected chi connectivity index (χ3v) is 8.62. The van der Waals surface area contributed by atoms with E-state index in [-0.39, 0.29) is 0 Å². The standard InChI is InChI=1S/C37H27NS/c1-24-14-16-26(17-15-24)32-12-7-13-34-33-19-18-30(23-36(33)39-37(32)34)28-10-6-11-29(21-28)31-20-25(2)38-35(22-31)27-8-4-3-5-9-27/h3-23H,1-2H3. The van der Waals surface area contributed by atoms with Crippen molar-refractivity contribution in [2.75, 3.05) is 0 Å². The molecule has 5 aromatic carbocycles. The topological polar surface area (TPSA) is 12.9 Å². The van der Waals surface area contributed by atoms with Gasteiger partial charge in [0.25, 0.3) is 0 Å². The predicted molar refractivity (Wildman–Crippen MR) is 168 cm³/mol. The van der Waals surface area contributed by atoms with Crippen LogP contribution >= 0.6 is 11.3 Å². The molecular formula is C37H27NS. The fraction of sp³-hybridized carbons (Fsp3) is 0.0541. The fourth-order valence-electron chi connectivity index (χ4n) is 5.41. The van der Waals surface area contributed by atoms with E-state index in [0.717, 1.165) is 17.0 Å². The van der Waals surface area contributed by atoms with Crippen molar-refractivity contribution in [1.29, 1.82) is 0 Å². The Morgan fingerprint density at radius 1 is 0.487 bits per heavy atom. The van der Waals surface area contributed by atoms with Crippen LogP contribution in [0, 0.1) is 13.8 Å². The maximum Gasteiger partial charge on any atom is 0.0711 e. The van der Waals surface area contributed by atoms with Crippen molar-refractivity contribution in [1.82, 2.24) is 4.98 Å². The quantitative estimate of drug-likeness (QED) is 0.226. The van der Waals surface area contributed by atoms with E-state index in [4.69, 9.17) is 4.98 Å². The van der Waals surface area contributed by atoms with Gasteiger partial charge in [-0.3, -0.25) is 4.98 Å². The summed E-state index contributed by atoms with van der Waals surface area (Å²) in [6.45, 7) is 4.21. The lowest BCUT2D eigenvalue weighted by atomic mass is 9.97. The number of nitrogens with zero attached hydrogens (tertiary/aromatic N) is 1. The van der Waals surface area contributed by atoms with Gasteiger partial charge in [-0.2, -0.15) is 0 Å². The molecule has 186 valence electrons. The Balaban J connectivity index is 1.30. The van der Waals surface area contributed by atoms with E-state index in [1.807, 2.05) is 17.4 Å². The van der Waals surface area contributed by atoms with Crippen LogP contribution in [0.25, 0.3) is 64.8 Å². The van der Waals surface area contributed by atoms with Crippen molar-refractivity contribution in [2.45, 2.75) is 13.8 Å². The lowest BCUT2D eigenvalue weighted by Gasteiger charge is -2.10. The summed E-state index contributed by atoms with van der Waals surface area (Å²) in [6, 6.07) is 46.1. The molecule has 2 heterocycles. The first-order valence-corrected chi connectivity index (χ1v) is 14.1. The van der Waals surface area contributed by atoms with Gasteiger partial charge in [0.2, 0.25) is 0 Å². The highest BCUT2D eigenvalue weighted by molar-refractivity contribution is 7.26. The molecule has 0 unspecified atom stereocenters. The van der Waals surface area contributed by atoms with E-state index in [1.54, 1.807) is 0 Å². The minimum atomic E-state index is 1.01. The predicted octanol–water partition coefficient (Wildman–Crippen LogP) is 10.7. The number of thiophene rings is 1. The maximum absolute atomic E-state index is 4.80. The SMILES string of the molecule is Cc1ccc(-c2cccc3c2sc2cc(-c4cccc(-c5cc(C)nc(-c6ccccc6)c5)c4)ccc23)cc1. The van der Waals surface area contributed by atoms with Crippen LogP contribution in [-0.4, -0.2) is 4.98 Å². The molecule has 39 heavy (non-hydrogen) atoms. The summed E-state index contributed by atoms with van der Waals surface area (Å²) in [5, 5.41) is 2.65. The van der Waals surface area contributed by atoms with Gasteiger partial charge in [-0.25, -0.2) is 0 Å². The zero-order valence-corrected chi connectivity index (χ0v) is 22.8. The Morgan fingerprint density at radius 3 is 2.00 bits per heavy atom. The first-order valence-electron chi connectivity index (χ1n) is 13.3. The van der Waals surface area contributed by atoms with Crippen LogP contribution in [0.15, 0.2) is 127 Å². The Kier molecular flexibility index (Phi) is 5.83. The van der Waals surface area contributed by atoms with Crippen molar-refractivity contribution < 1.29 is 0 Å². The number of aromatic nitrogens is 1. The first-order chi connectivity index (χ1) is 19.1. The average Bonchev–Trinajstić information content (AvgIpc) is 3.36. The zero-order chi connectivity index (χ0) is 26.3. The van der Waals surface area contributed by atoms with Crippen LogP contribution in [0.4, 0.5) is 0 Å². The molecule has 0 aliphatic heterocycles. The molecule has 0 saturated carbocycles. The third-order valence-electron chi connectivity index (χ3n) is 7.41. The van der Waals surface area contributed by atoms with E-state index < -0.39 is 0 Å². The van der Waals surface area contributed by atoms with Crippen molar-refractivity contribution in [3.63, 3.8) is 0 Å². The van der Waals surface area contributed by atoms with Gasteiger partial charge in [0.05, 0.1) is 5.69 Å². The maximum atomic E-state index is 4.80. The molecule has 7 aromatic rings. The zero-order valence-electron chi connectivity index (χ0n) is 22.0. The summed E-state index contributed by atoms with van der Waals surface area (Å²) in [5.41, 5.74) is 11.9. The molecule has 0 saturated heterocycles. The Labute approximate surface area is 233 Å². The third kappa shape index (κ3) is 4.43. The lowest BCUT2D eigenvalue weighted by molar-refractivity contribution is 1.21. The van der Waals surface area contributed by atoms with Gasteiger partial charge in [0.1, 0.15) is 0 Å². The summed E-state index contributed by atoms with van der Waals surface area (Å²) in [4.78, 5) is 4.80. The molecule has 0 fully saturated rings. The summed E-state index contributed by atoms with van der Waals surface area (Å²) in [6.07, 6.45) is 0. The number of fused-ring (bicyclic) bond motifs is 3. The van der Waals surface area contributed by atoms with Crippen molar-refractivity contribution in [3.05, 3.63) is 139 Å². The highest BCUT2D eigenvalue weighted by Gasteiger charge is 2.12. The normalized spacial score (nSPS) is 11.3. The molecule has 0 bridgehead atoms.